The molecule has 8 heteroatoms. The number of hydrogen-bond acceptors (Lipinski definition) is 7. The summed E-state index contributed by atoms with van der Waals surface area (Å²) in [4.78, 5) is 3.46. The highest BCUT2D eigenvalue weighted by atomic mass is 16.5. The first-order chi connectivity index (χ1) is 6.57. The molecule has 0 spiro atoms. The van der Waals surface area contributed by atoms with Crippen molar-refractivity contribution in [2.24, 2.45) is 0 Å². The van der Waals surface area contributed by atoms with Crippen LogP contribution in [0.15, 0.2) is 0 Å². The summed E-state index contributed by atoms with van der Waals surface area (Å²) in [6.07, 6.45) is 0. The van der Waals surface area contributed by atoms with Crippen molar-refractivity contribution >= 4 is 5.95 Å². The van der Waals surface area contributed by atoms with E-state index < -0.39 is 11.2 Å². The first kappa shape index (κ1) is 10.1. The average molecular weight is 202 g/mol. The van der Waals surface area contributed by atoms with E-state index in [2.05, 4.69) is 4.98 Å². The Labute approximate surface area is 78.3 Å². The molecule has 0 saturated carbocycles. The first-order valence-electron chi connectivity index (χ1n) is 3.67. The quantitative estimate of drug-likeness (QED) is 0.369. The second-order valence-electron chi connectivity index (χ2n) is 2.36. The van der Waals surface area contributed by atoms with Gasteiger partial charge in [-0.1, -0.05) is 0 Å². The molecule has 0 bridgehead atoms. The Balaban J connectivity index is 3.13. The summed E-state index contributed by atoms with van der Waals surface area (Å²) >= 11 is 0. The number of nitrogens with two attached hydrogens (primary N) is 1. The minimum Gasteiger partial charge on any atom is -0.500 e. The fourth-order valence-corrected chi connectivity index (χ4v) is 0.763. The van der Waals surface area contributed by atoms with Crippen LogP contribution in [0.3, 0.4) is 0 Å². The highest BCUT2D eigenvalue weighted by Crippen LogP contribution is 2.18. The molecule has 1 rings (SSSR count). The van der Waals surface area contributed by atoms with Crippen molar-refractivity contribution in [3.8, 4) is 11.6 Å². The molecule has 0 aliphatic carbocycles. The lowest BCUT2D eigenvalue weighted by Gasteiger charge is -2.08. The highest BCUT2D eigenvalue weighted by Gasteiger charge is 2.11. The number of hydrogen-bond donors (Lipinski definition) is 5. The number of ether oxygens (including phenoxy) is 1. The molecule has 0 aliphatic rings. The van der Waals surface area contributed by atoms with Crippen molar-refractivity contribution in [2.45, 2.75) is 0 Å². The number of aromatic hydroxyl groups is 1. The summed E-state index contributed by atoms with van der Waals surface area (Å²) in [5.41, 5.74) is 4.56. The van der Waals surface area contributed by atoms with Gasteiger partial charge in [0.2, 0.25) is 17.2 Å². The number of aromatic nitrogens is 2. The lowest BCUT2D eigenvalue weighted by Crippen LogP contribution is -2.23. The molecule has 6 N–H and O–H groups in total. The number of nitrogen functional groups attached to an aromatic ring is 1. The van der Waals surface area contributed by atoms with Crippen molar-refractivity contribution < 1.29 is 20.2 Å². The van der Waals surface area contributed by atoms with Crippen LogP contribution in [-0.2, 0) is 0 Å². The Kier molecular flexibility index (Phi) is 2.77. The van der Waals surface area contributed by atoms with Crippen LogP contribution in [0.2, 0.25) is 0 Å². The second kappa shape index (κ2) is 3.83. The maximum Gasteiger partial charge on any atom is 0.264 e. The molecule has 0 unspecified atom stereocenters. The molecule has 8 nitrogen and oxygen atoms in total. The number of aliphatic hydroxyl groups excluding tert-OH is 1. The molecular formula is C6H10N4O4. The number of rotatable bonds is 3. The second-order valence-corrected chi connectivity index (χ2v) is 2.36. The Morgan fingerprint density at radius 3 is 2.79 bits per heavy atom. The summed E-state index contributed by atoms with van der Waals surface area (Å²) in [6, 6.07) is 0. The fourth-order valence-electron chi connectivity index (χ4n) is 0.763. The largest absolute Gasteiger partial charge is 0.500 e. The fraction of sp³-hybridized carbons (Fsp3) is 0.333. The van der Waals surface area contributed by atoms with Gasteiger partial charge in [0.15, 0.2) is 0 Å². The Hall–Kier alpha value is -1.96. The molecule has 0 saturated heterocycles. The van der Waals surface area contributed by atoms with Crippen LogP contribution in [0.5, 0.6) is 11.6 Å². The molecule has 0 amide bonds. The van der Waals surface area contributed by atoms with Crippen molar-refractivity contribution in [3.05, 3.63) is 5.49 Å². The topological polar surface area (TPSA) is 138 Å². The van der Waals surface area contributed by atoms with E-state index in [1.54, 1.807) is 0 Å². The molecule has 0 fully saturated rings. The molecule has 1 aromatic heterocycles. The average Bonchev–Trinajstić information content (AvgIpc) is 2.18. The van der Waals surface area contributed by atoms with E-state index in [0.29, 0.717) is 0 Å². The summed E-state index contributed by atoms with van der Waals surface area (Å²) in [7, 11) is 0. The van der Waals surface area contributed by atoms with Crippen LogP contribution >= 0.6 is 0 Å². The predicted molar refractivity (Wildman–Crippen MR) is 43.9 cm³/mol. The monoisotopic (exact) mass is 202 g/mol. The normalized spacial score (nSPS) is 10.1. The summed E-state index contributed by atoms with van der Waals surface area (Å²) in [5.74, 6) is -1.33. The van der Waals surface area contributed by atoms with Crippen LogP contribution in [-0.4, -0.2) is 38.3 Å². The minimum absolute atomic E-state index is 0.0884. The van der Waals surface area contributed by atoms with E-state index >= 15 is 0 Å². The van der Waals surface area contributed by atoms with Crippen LogP contribution in [0.25, 0.3) is 0 Å². The van der Waals surface area contributed by atoms with Gasteiger partial charge in [-0.25, -0.2) is 0 Å². The van der Waals surface area contributed by atoms with E-state index in [9.17, 15) is 5.11 Å². The van der Waals surface area contributed by atoms with Crippen LogP contribution in [0.4, 0.5) is 5.95 Å². The van der Waals surface area contributed by atoms with E-state index in [0.717, 1.165) is 0 Å². The standard InChI is InChI=1S/C6H10N4O4/c7-4-3(12)5(14-2-1-11)9-6(8)10(4)13/h7,11-13H,1-2H2,(H2,8,9). The Bertz CT molecular complexity index is 388. The molecule has 14 heavy (non-hydrogen) atoms. The van der Waals surface area contributed by atoms with Gasteiger partial charge in [-0.3, -0.25) is 5.41 Å². The highest BCUT2D eigenvalue weighted by molar-refractivity contribution is 5.34. The maximum absolute atomic E-state index is 9.24. The molecule has 78 valence electrons. The predicted octanol–water partition coefficient (Wildman–Crippen LogP) is -1.74. The maximum atomic E-state index is 9.24. The van der Waals surface area contributed by atoms with Crippen LogP contribution < -0.4 is 16.0 Å². The lowest BCUT2D eigenvalue weighted by molar-refractivity contribution is 0.158. The smallest absolute Gasteiger partial charge is 0.264 e. The van der Waals surface area contributed by atoms with Gasteiger partial charge in [-0.15, -0.1) is 4.73 Å². The summed E-state index contributed by atoms with van der Waals surface area (Å²) < 4.78 is 4.98. The van der Waals surface area contributed by atoms with Crippen molar-refractivity contribution in [3.63, 3.8) is 0 Å². The van der Waals surface area contributed by atoms with Crippen molar-refractivity contribution in [2.75, 3.05) is 18.9 Å². The third kappa shape index (κ3) is 1.69. The Morgan fingerprint density at radius 2 is 2.21 bits per heavy atom. The van der Waals surface area contributed by atoms with Gasteiger partial charge >= 0.3 is 0 Å². The molecule has 0 radical (unpaired) electrons. The summed E-state index contributed by atoms with van der Waals surface area (Å²) in [5, 5.41) is 33.9. The van der Waals surface area contributed by atoms with Gasteiger partial charge in [0.25, 0.3) is 5.88 Å². The van der Waals surface area contributed by atoms with E-state index in [1.165, 1.54) is 0 Å². The zero-order valence-corrected chi connectivity index (χ0v) is 7.14. The van der Waals surface area contributed by atoms with E-state index in [1.807, 2.05) is 0 Å². The van der Waals surface area contributed by atoms with Crippen LogP contribution in [0.1, 0.15) is 0 Å². The zero-order chi connectivity index (χ0) is 10.7. The molecule has 0 aliphatic heterocycles. The zero-order valence-electron chi connectivity index (χ0n) is 7.14. The third-order valence-electron chi connectivity index (χ3n) is 1.40. The molecule has 1 aromatic rings. The minimum atomic E-state index is -0.643. The lowest BCUT2D eigenvalue weighted by atomic mass is 10.5. The van der Waals surface area contributed by atoms with Gasteiger partial charge in [-0.05, 0) is 0 Å². The van der Waals surface area contributed by atoms with Gasteiger partial charge < -0.3 is 25.9 Å². The van der Waals surface area contributed by atoms with Crippen molar-refractivity contribution in [1.82, 2.24) is 9.71 Å². The molecule has 1 heterocycles. The third-order valence-corrected chi connectivity index (χ3v) is 1.40. The SMILES string of the molecule is N=c1c(O)c(OCCO)nc(N)n1O. The van der Waals surface area contributed by atoms with Gasteiger partial charge in [0.05, 0.1) is 6.61 Å². The molecule has 0 aromatic carbocycles. The number of nitrogens with zero attached hydrogens (tertiary/aromatic N) is 2. The van der Waals surface area contributed by atoms with Gasteiger partial charge in [0.1, 0.15) is 6.61 Å². The number of anilines is 1. The van der Waals surface area contributed by atoms with Gasteiger partial charge in [-0.2, -0.15) is 4.98 Å². The molecule has 0 atom stereocenters. The summed E-state index contributed by atoms with van der Waals surface area (Å²) in [6.45, 7) is -0.350. The van der Waals surface area contributed by atoms with Crippen LogP contribution in [0, 0.1) is 5.41 Å². The number of aliphatic hydroxyl groups is 1. The van der Waals surface area contributed by atoms with E-state index in [-0.39, 0.29) is 29.8 Å². The van der Waals surface area contributed by atoms with Crippen molar-refractivity contribution in [1.29, 1.82) is 5.41 Å². The van der Waals surface area contributed by atoms with Gasteiger partial charge in [0, 0.05) is 0 Å². The Morgan fingerprint density at radius 1 is 1.57 bits per heavy atom. The van der Waals surface area contributed by atoms with E-state index in [4.69, 9.17) is 26.2 Å². The molecular weight excluding hydrogens is 192 g/mol. The first-order valence-corrected chi connectivity index (χ1v) is 3.67. The number of nitrogens with one attached hydrogen (secondary N) is 1.